The van der Waals surface area contributed by atoms with Gasteiger partial charge >= 0.3 is 0 Å². The second kappa shape index (κ2) is 3.81. The molecule has 60 valence electrons. The molecular weight excluding hydrogens is 214 g/mol. The van der Waals surface area contributed by atoms with E-state index in [1.54, 1.807) is 12.1 Å². The molecule has 0 nitrogen and oxygen atoms in total. The Morgan fingerprint density at radius 3 is 1.82 bits per heavy atom. The van der Waals surface area contributed by atoms with Crippen molar-refractivity contribution in [1.29, 1.82) is 0 Å². The first-order valence-corrected chi connectivity index (χ1v) is 3.96. The molecule has 1 rings (SSSR count). The second-order valence-corrected chi connectivity index (χ2v) is 3.15. The van der Waals surface area contributed by atoms with Crippen LogP contribution in [-0.4, -0.2) is 0 Å². The molecule has 0 radical (unpaired) electrons. The molecule has 1 aromatic rings. The molecule has 0 saturated heterocycles. The molecule has 0 aromatic heterocycles. The summed E-state index contributed by atoms with van der Waals surface area (Å²) in [5.41, 5.74) is 1.01. The summed E-state index contributed by atoms with van der Waals surface area (Å²) >= 11 is 3.16. The van der Waals surface area contributed by atoms with Crippen LogP contribution in [0.3, 0.4) is 0 Å². The van der Waals surface area contributed by atoms with Gasteiger partial charge in [-0.25, -0.2) is 8.78 Å². The molecule has 0 bridgehead atoms. The Bertz CT molecular complexity index is 226. The van der Waals surface area contributed by atoms with E-state index in [0.717, 1.165) is 4.47 Å². The first-order chi connectivity index (χ1) is 5.26. The Kier molecular flexibility index (Phi) is 3.00. The zero-order chi connectivity index (χ0) is 8.27. The number of alkyl halides is 2. The highest BCUT2D eigenvalue weighted by atomic mass is 79.9. The lowest BCUT2D eigenvalue weighted by molar-refractivity contribution is 0.474. The Hall–Kier alpha value is -0.440. The third-order valence-electron chi connectivity index (χ3n) is 1.33. The smallest absolute Gasteiger partial charge is 0.115 e. The van der Waals surface area contributed by atoms with Crippen molar-refractivity contribution < 1.29 is 8.78 Å². The minimum absolute atomic E-state index is 0.507. The van der Waals surface area contributed by atoms with Gasteiger partial charge in [0, 0.05) is 4.47 Å². The molecule has 0 N–H and O–H groups in total. The van der Waals surface area contributed by atoms with Crippen LogP contribution in [0.5, 0.6) is 0 Å². The molecule has 11 heavy (non-hydrogen) atoms. The fourth-order valence-electron chi connectivity index (χ4n) is 0.872. The van der Waals surface area contributed by atoms with Crippen molar-refractivity contribution in [2.45, 2.75) is 13.3 Å². The van der Waals surface area contributed by atoms with Crippen molar-refractivity contribution >= 4 is 15.9 Å². The van der Waals surface area contributed by atoms with E-state index >= 15 is 0 Å². The van der Waals surface area contributed by atoms with Gasteiger partial charge in [-0.2, -0.15) is 0 Å². The Morgan fingerprint density at radius 1 is 1.00 bits per heavy atom. The number of hydrogen-bond acceptors (Lipinski definition) is 0. The van der Waals surface area contributed by atoms with Gasteiger partial charge in [0.15, 0.2) is 0 Å². The number of halogens is 3. The lowest BCUT2D eigenvalue weighted by Gasteiger charge is -1.99. The normalized spacial score (nSPS) is 10.1. The van der Waals surface area contributed by atoms with Gasteiger partial charge in [-0.15, -0.1) is 0 Å². The maximum absolute atomic E-state index is 12.1. The predicted octanol–water partition coefficient (Wildman–Crippen LogP) is 3.39. The first kappa shape index (κ1) is 8.65. The van der Waals surface area contributed by atoms with E-state index in [2.05, 4.69) is 15.9 Å². The average molecular weight is 221 g/mol. The van der Waals surface area contributed by atoms with Crippen LogP contribution in [0.1, 0.15) is 11.1 Å². The van der Waals surface area contributed by atoms with Crippen LogP contribution >= 0.6 is 15.9 Å². The highest BCUT2D eigenvalue weighted by Gasteiger charge is 1.97. The number of hydrogen-bond donors (Lipinski definition) is 0. The van der Waals surface area contributed by atoms with Gasteiger partial charge < -0.3 is 0 Å². The van der Waals surface area contributed by atoms with Crippen LogP contribution in [0, 0.1) is 0 Å². The van der Waals surface area contributed by atoms with E-state index in [9.17, 15) is 8.78 Å². The Labute approximate surface area is 72.4 Å². The summed E-state index contributed by atoms with van der Waals surface area (Å²) in [6, 6.07) is 4.79. The van der Waals surface area contributed by atoms with Crippen LogP contribution in [0.15, 0.2) is 22.7 Å². The fraction of sp³-hybridized carbons (Fsp3) is 0.250. The molecule has 0 aliphatic carbocycles. The summed E-state index contributed by atoms with van der Waals surface area (Å²) in [6.45, 7) is -1.10. The average Bonchev–Trinajstić information content (AvgIpc) is 2.03. The highest BCUT2D eigenvalue weighted by molar-refractivity contribution is 9.10. The molecular formula is C8H7BrF2. The zero-order valence-electron chi connectivity index (χ0n) is 5.78. The van der Waals surface area contributed by atoms with E-state index in [0.29, 0.717) is 11.1 Å². The van der Waals surface area contributed by atoms with E-state index in [4.69, 9.17) is 0 Å². The number of rotatable bonds is 2. The third kappa shape index (κ3) is 2.26. The molecule has 0 saturated carbocycles. The monoisotopic (exact) mass is 220 g/mol. The summed E-state index contributed by atoms with van der Waals surface area (Å²) in [5.74, 6) is 0. The molecule has 0 heterocycles. The van der Waals surface area contributed by atoms with E-state index in [1.165, 1.54) is 6.07 Å². The summed E-state index contributed by atoms with van der Waals surface area (Å²) < 4.78 is 24.9. The minimum Gasteiger partial charge on any atom is -0.246 e. The second-order valence-electron chi connectivity index (χ2n) is 2.23. The van der Waals surface area contributed by atoms with Crippen LogP contribution in [0.4, 0.5) is 8.78 Å². The van der Waals surface area contributed by atoms with Gasteiger partial charge in [-0.05, 0) is 23.3 Å². The standard InChI is InChI=1S/C8H7BrF2/c9-8-2-6(4-10)1-7(3-8)5-11/h1-3H,4-5H2. The van der Waals surface area contributed by atoms with E-state index < -0.39 is 13.3 Å². The van der Waals surface area contributed by atoms with Gasteiger partial charge in [0.2, 0.25) is 0 Å². The summed E-state index contributed by atoms with van der Waals surface area (Å²) in [7, 11) is 0. The summed E-state index contributed by atoms with van der Waals surface area (Å²) in [5, 5.41) is 0. The van der Waals surface area contributed by atoms with Crippen molar-refractivity contribution in [1.82, 2.24) is 0 Å². The van der Waals surface area contributed by atoms with Crippen LogP contribution in [0.25, 0.3) is 0 Å². The van der Waals surface area contributed by atoms with Gasteiger partial charge in [0.25, 0.3) is 0 Å². The van der Waals surface area contributed by atoms with Crippen LogP contribution in [0.2, 0.25) is 0 Å². The van der Waals surface area contributed by atoms with Crippen molar-refractivity contribution in [2.24, 2.45) is 0 Å². The zero-order valence-corrected chi connectivity index (χ0v) is 7.37. The highest BCUT2D eigenvalue weighted by Crippen LogP contribution is 2.17. The maximum atomic E-state index is 12.1. The quantitative estimate of drug-likeness (QED) is 0.717. The van der Waals surface area contributed by atoms with Crippen LogP contribution in [-0.2, 0) is 13.3 Å². The molecule has 0 aliphatic heterocycles. The van der Waals surface area contributed by atoms with E-state index in [1.807, 2.05) is 0 Å². The maximum Gasteiger partial charge on any atom is 0.115 e. The van der Waals surface area contributed by atoms with Crippen molar-refractivity contribution in [3.63, 3.8) is 0 Å². The molecule has 0 spiro atoms. The van der Waals surface area contributed by atoms with Crippen molar-refractivity contribution in [3.05, 3.63) is 33.8 Å². The molecule has 0 amide bonds. The minimum atomic E-state index is -0.549. The fourth-order valence-corrected chi connectivity index (χ4v) is 1.46. The van der Waals surface area contributed by atoms with Crippen molar-refractivity contribution in [2.75, 3.05) is 0 Å². The van der Waals surface area contributed by atoms with Gasteiger partial charge in [0.05, 0.1) is 0 Å². The largest absolute Gasteiger partial charge is 0.246 e. The lowest BCUT2D eigenvalue weighted by atomic mass is 10.1. The molecule has 0 atom stereocenters. The molecule has 0 unspecified atom stereocenters. The molecule has 1 aromatic carbocycles. The van der Waals surface area contributed by atoms with Gasteiger partial charge in [-0.3, -0.25) is 0 Å². The summed E-state index contributed by atoms with van der Waals surface area (Å²) in [4.78, 5) is 0. The molecule has 3 heteroatoms. The van der Waals surface area contributed by atoms with Crippen LogP contribution < -0.4 is 0 Å². The Morgan fingerprint density at radius 2 is 1.45 bits per heavy atom. The molecule has 0 fully saturated rings. The van der Waals surface area contributed by atoms with Gasteiger partial charge in [0.1, 0.15) is 13.3 Å². The van der Waals surface area contributed by atoms with Crippen molar-refractivity contribution in [3.8, 4) is 0 Å². The predicted molar refractivity (Wildman–Crippen MR) is 43.8 cm³/mol. The topological polar surface area (TPSA) is 0 Å². The third-order valence-corrected chi connectivity index (χ3v) is 1.78. The Balaban J connectivity index is 3.02. The van der Waals surface area contributed by atoms with Gasteiger partial charge in [-0.1, -0.05) is 22.0 Å². The SMILES string of the molecule is FCc1cc(Br)cc(CF)c1. The molecule has 0 aliphatic rings. The number of benzene rings is 1. The first-order valence-electron chi connectivity index (χ1n) is 3.16. The summed E-state index contributed by atoms with van der Waals surface area (Å²) in [6.07, 6.45) is 0. The lowest BCUT2D eigenvalue weighted by Crippen LogP contribution is -1.84. The van der Waals surface area contributed by atoms with E-state index in [-0.39, 0.29) is 0 Å².